The first-order valence-electron chi connectivity index (χ1n) is 9.34. The number of thiophene rings is 1. The summed E-state index contributed by atoms with van der Waals surface area (Å²) in [7, 11) is 2.90. The lowest BCUT2D eigenvalue weighted by Gasteiger charge is -2.12. The van der Waals surface area contributed by atoms with Gasteiger partial charge in [-0.05, 0) is 17.7 Å². The molecule has 0 N–H and O–H groups in total. The molecular formula is C22H20N2O5S. The zero-order valence-corrected chi connectivity index (χ0v) is 17.4. The van der Waals surface area contributed by atoms with Crippen molar-refractivity contribution in [3.8, 4) is 11.1 Å². The molecule has 0 aliphatic heterocycles. The summed E-state index contributed by atoms with van der Waals surface area (Å²) < 4.78 is 17.0. The predicted molar refractivity (Wildman–Crippen MR) is 114 cm³/mol. The molecule has 0 spiro atoms. The van der Waals surface area contributed by atoms with Gasteiger partial charge in [-0.2, -0.15) is 0 Å². The second-order valence-corrected chi connectivity index (χ2v) is 7.47. The number of esters is 1. The molecule has 0 aliphatic rings. The third kappa shape index (κ3) is 3.79. The van der Waals surface area contributed by atoms with Crippen LogP contribution in [0.25, 0.3) is 21.3 Å². The highest BCUT2D eigenvalue weighted by Crippen LogP contribution is 2.31. The van der Waals surface area contributed by atoms with E-state index >= 15 is 0 Å². The van der Waals surface area contributed by atoms with Crippen LogP contribution in [0.2, 0.25) is 0 Å². The lowest BCUT2D eigenvalue weighted by atomic mass is 10.1. The number of furan rings is 1. The molecule has 0 bridgehead atoms. The van der Waals surface area contributed by atoms with Gasteiger partial charge in [-0.25, -0.2) is 9.78 Å². The number of rotatable bonds is 7. The van der Waals surface area contributed by atoms with E-state index in [2.05, 4.69) is 4.74 Å². The minimum Gasteiger partial charge on any atom is -0.463 e. The summed E-state index contributed by atoms with van der Waals surface area (Å²) in [6, 6.07) is 13.0. The number of methoxy groups -OCH3 is 2. The summed E-state index contributed by atoms with van der Waals surface area (Å²) in [5, 5.41) is 2.54. The second-order valence-electron chi connectivity index (χ2n) is 6.62. The van der Waals surface area contributed by atoms with Gasteiger partial charge in [-0.15, -0.1) is 11.3 Å². The number of hydrogen-bond acceptors (Lipinski definition) is 7. The van der Waals surface area contributed by atoms with Crippen LogP contribution in [0.3, 0.4) is 0 Å². The highest BCUT2D eigenvalue weighted by Gasteiger charge is 2.19. The quantitative estimate of drug-likeness (QED) is 0.420. The van der Waals surface area contributed by atoms with Crippen molar-refractivity contribution in [3.05, 3.63) is 75.5 Å². The van der Waals surface area contributed by atoms with Crippen molar-refractivity contribution in [2.45, 2.75) is 13.0 Å². The number of benzene rings is 1. The maximum Gasteiger partial charge on any atom is 0.373 e. The summed E-state index contributed by atoms with van der Waals surface area (Å²) in [5.74, 6) is 0.597. The molecule has 0 fully saturated rings. The molecule has 0 aliphatic carbocycles. The first kappa shape index (κ1) is 20.1. The van der Waals surface area contributed by atoms with Gasteiger partial charge in [-0.3, -0.25) is 9.36 Å². The van der Waals surface area contributed by atoms with Crippen molar-refractivity contribution in [3.63, 3.8) is 0 Å². The predicted octanol–water partition coefficient (Wildman–Crippen LogP) is 3.74. The van der Waals surface area contributed by atoms with Gasteiger partial charge in [0.25, 0.3) is 5.56 Å². The number of fused-ring (bicyclic) bond motifs is 1. The van der Waals surface area contributed by atoms with Crippen molar-refractivity contribution in [1.82, 2.24) is 9.55 Å². The Bertz CT molecular complexity index is 1240. The van der Waals surface area contributed by atoms with Crippen molar-refractivity contribution < 1.29 is 18.7 Å². The van der Waals surface area contributed by atoms with E-state index in [-0.39, 0.29) is 17.9 Å². The monoisotopic (exact) mass is 424 g/mol. The Balaban J connectivity index is 1.83. The van der Waals surface area contributed by atoms with Gasteiger partial charge in [0.05, 0.1) is 25.6 Å². The number of carbonyl (C=O) groups is 1. The van der Waals surface area contributed by atoms with Gasteiger partial charge in [0, 0.05) is 24.5 Å². The zero-order chi connectivity index (χ0) is 21.1. The fourth-order valence-electron chi connectivity index (χ4n) is 3.27. The Morgan fingerprint density at radius 1 is 1.17 bits per heavy atom. The van der Waals surface area contributed by atoms with E-state index in [9.17, 15) is 9.59 Å². The van der Waals surface area contributed by atoms with E-state index in [0.29, 0.717) is 34.8 Å². The molecule has 30 heavy (non-hydrogen) atoms. The van der Waals surface area contributed by atoms with Crippen molar-refractivity contribution in [2.75, 3.05) is 20.8 Å². The number of carbonyl (C=O) groups excluding carboxylic acids is 1. The SMILES string of the molecule is COCCc1nc2scc(-c3ccccc3)c2c(=O)n1Cc1ccc(C(=O)OC)o1. The Kier molecular flexibility index (Phi) is 5.78. The Hall–Kier alpha value is -3.23. The van der Waals surface area contributed by atoms with Crippen molar-refractivity contribution >= 4 is 27.5 Å². The fraction of sp³-hybridized carbons (Fsp3) is 0.227. The minimum absolute atomic E-state index is 0.0912. The van der Waals surface area contributed by atoms with Gasteiger partial charge in [0.1, 0.15) is 16.4 Å². The maximum atomic E-state index is 13.5. The van der Waals surface area contributed by atoms with Crippen LogP contribution in [0.15, 0.2) is 57.1 Å². The number of ether oxygens (including phenoxy) is 2. The second kappa shape index (κ2) is 8.64. The van der Waals surface area contributed by atoms with E-state index in [1.54, 1.807) is 17.7 Å². The zero-order valence-electron chi connectivity index (χ0n) is 16.6. The van der Waals surface area contributed by atoms with Crippen LogP contribution in [0.4, 0.5) is 0 Å². The average Bonchev–Trinajstić information content (AvgIpc) is 3.42. The molecular weight excluding hydrogens is 404 g/mol. The Morgan fingerprint density at radius 2 is 1.97 bits per heavy atom. The van der Waals surface area contributed by atoms with E-state index in [4.69, 9.17) is 14.1 Å². The van der Waals surface area contributed by atoms with Crippen LogP contribution in [0.1, 0.15) is 22.1 Å². The molecule has 0 amide bonds. The normalized spacial score (nSPS) is 11.1. The fourth-order valence-corrected chi connectivity index (χ4v) is 4.23. The van der Waals surface area contributed by atoms with Crippen molar-refractivity contribution in [1.29, 1.82) is 0 Å². The molecule has 3 aromatic heterocycles. The van der Waals surface area contributed by atoms with E-state index in [0.717, 1.165) is 11.1 Å². The lowest BCUT2D eigenvalue weighted by molar-refractivity contribution is 0.0563. The van der Waals surface area contributed by atoms with Crippen LogP contribution >= 0.6 is 11.3 Å². The van der Waals surface area contributed by atoms with Crippen LogP contribution in [-0.4, -0.2) is 36.3 Å². The maximum absolute atomic E-state index is 13.5. The molecule has 154 valence electrons. The lowest BCUT2D eigenvalue weighted by Crippen LogP contribution is -2.26. The van der Waals surface area contributed by atoms with Gasteiger partial charge in [0.15, 0.2) is 0 Å². The average molecular weight is 424 g/mol. The number of hydrogen-bond donors (Lipinski definition) is 0. The molecule has 0 radical (unpaired) electrons. The molecule has 4 rings (SSSR count). The highest BCUT2D eigenvalue weighted by atomic mass is 32.1. The third-order valence-electron chi connectivity index (χ3n) is 4.75. The van der Waals surface area contributed by atoms with Gasteiger partial charge in [-0.1, -0.05) is 30.3 Å². The standard InChI is InChI=1S/C22H20N2O5S/c1-27-11-10-18-23-20-19(16(13-30-20)14-6-4-3-5-7-14)21(25)24(18)12-15-8-9-17(29-15)22(26)28-2/h3-9,13H,10-12H2,1-2H3. The number of nitrogens with zero attached hydrogens (tertiary/aromatic N) is 2. The summed E-state index contributed by atoms with van der Waals surface area (Å²) in [4.78, 5) is 30.6. The molecule has 1 aromatic carbocycles. The number of aromatic nitrogens is 2. The van der Waals surface area contributed by atoms with Crippen LogP contribution in [0, 0.1) is 0 Å². The molecule has 4 aromatic rings. The molecule has 0 atom stereocenters. The van der Waals surface area contributed by atoms with Gasteiger partial charge >= 0.3 is 5.97 Å². The van der Waals surface area contributed by atoms with Gasteiger partial charge < -0.3 is 13.9 Å². The van der Waals surface area contributed by atoms with Crippen LogP contribution in [-0.2, 0) is 22.4 Å². The summed E-state index contributed by atoms with van der Waals surface area (Å²) >= 11 is 1.45. The van der Waals surface area contributed by atoms with Gasteiger partial charge in [0.2, 0.25) is 5.76 Å². The van der Waals surface area contributed by atoms with E-state index in [1.807, 2.05) is 35.7 Å². The minimum atomic E-state index is -0.564. The Labute approximate surface area is 176 Å². The first-order valence-corrected chi connectivity index (χ1v) is 10.2. The topological polar surface area (TPSA) is 83.6 Å². The highest BCUT2D eigenvalue weighted by molar-refractivity contribution is 7.17. The van der Waals surface area contributed by atoms with Crippen LogP contribution in [0.5, 0.6) is 0 Å². The molecule has 3 heterocycles. The molecule has 0 unspecified atom stereocenters. The third-order valence-corrected chi connectivity index (χ3v) is 5.62. The smallest absolute Gasteiger partial charge is 0.373 e. The largest absolute Gasteiger partial charge is 0.463 e. The van der Waals surface area contributed by atoms with E-state index < -0.39 is 5.97 Å². The Morgan fingerprint density at radius 3 is 2.70 bits per heavy atom. The van der Waals surface area contributed by atoms with E-state index in [1.165, 1.54) is 24.5 Å². The molecule has 0 saturated carbocycles. The summed E-state index contributed by atoms with van der Waals surface area (Å²) in [5.41, 5.74) is 1.67. The molecule has 8 heteroatoms. The van der Waals surface area contributed by atoms with Crippen LogP contribution < -0.4 is 5.56 Å². The summed E-state index contributed by atoms with van der Waals surface area (Å²) in [6.07, 6.45) is 0.477. The molecule has 7 nitrogen and oxygen atoms in total. The summed E-state index contributed by atoms with van der Waals surface area (Å²) in [6.45, 7) is 0.586. The van der Waals surface area contributed by atoms with Crippen molar-refractivity contribution in [2.24, 2.45) is 0 Å². The molecule has 0 saturated heterocycles. The first-order chi connectivity index (χ1) is 14.6.